The number of alkyl carbamates (subject to hydrolysis) is 1. The van der Waals surface area contributed by atoms with Gasteiger partial charge in [0.15, 0.2) is 0 Å². The zero-order valence-corrected chi connectivity index (χ0v) is 17.5. The maximum absolute atomic E-state index is 12.2. The molecule has 0 atom stereocenters. The number of nitrogens with one attached hydrogen (secondary N) is 2. The molecule has 2 aromatic rings. The topological polar surface area (TPSA) is 88.5 Å². The predicted molar refractivity (Wildman–Crippen MR) is 113 cm³/mol. The van der Waals surface area contributed by atoms with E-state index in [0.29, 0.717) is 5.69 Å². The van der Waals surface area contributed by atoms with Crippen LogP contribution in [-0.2, 0) is 16.1 Å². The van der Waals surface area contributed by atoms with Crippen molar-refractivity contribution in [2.24, 2.45) is 0 Å². The summed E-state index contributed by atoms with van der Waals surface area (Å²) in [6.45, 7) is 9.28. The van der Waals surface area contributed by atoms with Gasteiger partial charge in [-0.3, -0.25) is 9.48 Å². The molecule has 2 amide bonds. The Morgan fingerprint density at radius 1 is 1.14 bits per heavy atom. The molecule has 1 aliphatic heterocycles. The smallest absolute Gasteiger partial charge is 0.408 e. The predicted octanol–water partition coefficient (Wildman–Crippen LogP) is 2.99. The van der Waals surface area contributed by atoms with Crippen LogP contribution in [0.25, 0.3) is 10.9 Å². The number of benzene rings is 1. The number of carbonyl (C=O) groups excluding carboxylic acids is 2. The van der Waals surface area contributed by atoms with Crippen molar-refractivity contribution in [1.82, 2.24) is 20.0 Å². The van der Waals surface area contributed by atoms with Crippen molar-refractivity contribution in [2.45, 2.75) is 52.2 Å². The van der Waals surface area contributed by atoms with E-state index < -0.39 is 11.7 Å². The highest BCUT2D eigenvalue weighted by atomic mass is 16.6. The molecule has 8 nitrogen and oxygen atoms in total. The van der Waals surface area contributed by atoms with E-state index in [1.807, 2.05) is 22.9 Å². The summed E-state index contributed by atoms with van der Waals surface area (Å²) in [5.74, 6) is -0.315. The minimum Gasteiger partial charge on any atom is -0.444 e. The van der Waals surface area contributed by atoms with Crippen LogP contribution in [0.15, 0.2) is 24.4 Å². The third kappa shape index (κ3) is 6.19. The van der Waals surface area contributed by atoms with Crippen LogP contribution in [0.5, 0.6) is 0 Å². The molecular weight excluding hydrogens is 370 g/mol. The molecule has 1 fully saturated rings. The average Bonchev–Trinajstić information content (AvgIpc) is 3.08. The summed E-state index contributed by atoms with van der Waals surface area (Å²) in [5, 5.41) is 10.7. The summed E-state index contributed by atoms with van der Waals surface area (Å²) < 4.78 is 7.13. The number of hydrogen-bond donors (Lipinski definition) is 2. The second-order valence-corrected chi connectivity index (χ2v) is 8.41. The van der Waals surface area contributed by atoms with Crippen molar-refractivity contribution in [3.63, 3.8) is 0 Å². The van der Waals surface area contributed by atoms with E-state index >= 15 is 0 Å². The van der Waals surface area contributed by atoms with Gasteiger partial charge in [-0.2, -0.15) is 5.10 Å². The molecule has 8 heteroatoms. The summed E-state index contributed by atoms with van der Waals surface area (Å²) in [6, 6.07) is 5.75. The van der Waals surface area contributed by atoms with Crippen molar-refractivity contribution in [2.75, 3.05) is 31.5 Å². The molecule has 0 radical (unpaired) electrons. The van der Waals surface area contributed by atoms with Crippen molar-refractivity contribution in [1.29, 1.82) is 0 Å². The normalized spacial score (nSPS) is 15.3. The number of anilines is 1. The number of hydrogen-bond acceptors (Lipinski definition) is 5. The van der Waals surface area contributed by atoms with Crippen molar-refractivity contribution in [3.8, 4) is 0 Å². The van der Waals surface area contributed by atoms with Gasteiger partial charge in [0.05, 0.1) is 23.9 Å². The van der Waals surface area contributed by atoms with Crippen LogP contribution >= 0.6 is 0 Å². The summed E-state index contributed by atoms with van der Waals surface area (Å²) in [4.78, 5) is 26.4. The molecule has 3 rings (SSSR count). The molecule has 29 heavy (non-hydrogen) atoms. The molecule has 1 aliphatic rings. The van der Waals surface area contributed by atoms with Gasteiger partial charge in [0.25, 0.3) is 0 Å². The Morgan fingerprint density at radius 2 is 1.90 bits per heavy atom. The maximum Gasteiger partial charge on any atom is 0.408 e. The lowest BCUT2D eigenvalue weighted by atomic mass is 10.1. The Hall–Kier alpha value is -2.61. The Morgan fingerprint density at radius 3 is 2.62 bits per heavy atom. The Kier molecular flexibility index (Phi) is 6.74. The molecule has 1 saturated heterocycles. The van der Waals surface area contributed by atoms with Crippen LogP contribution in [0.1, 0.15) is 40.0 Å². The lowest BCUT2D eigenvalue weighted by Crippen LogP contribution is -2.37. The highest BCUT2D eigenvalue weighted by Gasteiger charge is 2.17. The van der Waals surface area contributed by atoms with Gasteiger partial charge in [-0.1, -0.05) is 12.5 Å². The molecule has 0 aliphatic carbocycles. The minimum atomic E-state index is -0.614. The zero-order chi connectivity index (χ0) is 20.9. The number of amides is 2. The molecule has 0 saturated carbocycles. The van der Waals surface area contributed by atoms with E-state index in [2.05, 4.69) is 20.6 Å². The third-order valence-corrected chi connectivity index (χ3v) is 4.83. The van der Waals surface area contributed by atoms with Crippen molar-refractivity contribution in [3.05, 3.63) is 24.4 Å². The highest BCUT2D eigenvalue weighted by molar-refractivity contribution is 6.02. The average molecular weight is 402 g/mol. The van der Waals surface area contributed by atoms with E-state index in [4.69, 9.17) is 4.74 Å². The number of carbonyl (C=O) groups is 2. The van der Waals surface area contributed by atoms with Gasteiger partial charge < -0.3 is 20.3 Å². The molecular formula is C21H31N5O3. The summed E-state index contributed by atoms with van der Waals surface area (Å²) in [5.41, 5.74) is 1.07. The van der Waals surface area contributed by atoms with Crippen LogP contribution in [0.3, 0.4) is 0 Å². The largest absolute Gasteiger partial charge is 0.444 e. The number of nitrogens with zero attached hydrogens (tertiary/aromatic N) is 3. The van der Waals surface area contributed by atoms with Gasteiger partial charge in [0.1, 0.15) is 12.1 Å². The molecule has 2 N–H and O–H groups in total. The monoisotopic (exact) mass is 401 g/mol. The zero-order valence-electron chi connectivity index (χ0n) is 17.5. The summed E-state index contributed by atoms with van der Waals surface area (Å²) >= 11 is 0. The first-order valence-corrected chi connectivity index (χ1v) is 10.3. The van der Waals surface area contributed by atoms with Gasteiger partial charge in [0.2, 0.25) is 5.91 Å². The van der Waals surface area contributed by atoms with Gasteiger partial charge in [0, 0.05) is 11.9 Å². The third-order valence-electron chi connectivity index (χ3n) is 4.83. The first kappa shape index (κ1) is 21.1. The van der Waals surface area contributed by atoms with Gasteiger partial charge in [-0.05, 0) is 58.8 Å². The highest BCUT2D eigenvalue weighted by Crippen LogP contribution is 2.23. The molecule has 0 bridgehead atoms. The SMILES string of the molecule is CC(C)(C)OC(=O)NCC(=O)Nc1cccc2c1cnn2CCN1CCCCC1. The number of rotatable bonds is 6. The fraction of sp³-hybridized carbons (Fsp3) is 0.571. The van der Waals surface area contributed by atoms with Crippen LogP contribution in [0.2, 0.25) is 0 Å². The molecule has 2 heterocycles. The minimum absolute atomic E-state index is 0.158. The molecule has 0 unspecified atom stereocenters. The Balaban J connectivity index is 1.58. The molecule has 1 aromatic heterocycles. The van der Waals surface area contributed by atoms with E-state index in [1.54, 1.807) is 27.0 Å². The second kappa shape index (κ2) is 9.26. The Labute approximate surface area is 171 Å². The first-order chi connectivity index (χ1) is 13.8. The lowest BCUT2D eigenvalue weighted by molar-refractivity contribution is -0.115. The van der Waals surface area contributed by atoms with Gasteiger partial charge in [-0.25, -0.2) is 4.79 Å². The molecule has 158 valence electrons. The molecule has 0 spiro atoms. The second-order valence-electron chi connectivity index (χ2n) is 8.41. The standard InChI is InChI=1S/C21H31N5O3/c1-21(2,3)29-20(28)22-15-19(27)24-17-8-7-9-18-16(17)14-23-26(18)13-12-25-10-5-4-6-11-25/h7-9,14H,4-6,10-13,15H2,1-3H3,(H,22,28)(H,24,27). The maximum atomic E-state index is 12.2. The summed E-state index contributed by atoms with van der Waals surface area (Å²) in [7, 11) is 0. The van der Waals surface area contributed by atoms with E-state index in [0.717, 1.165) is 37.1 Å². The van der Waals surface area contributed by atoms with Crippen molar-refractivity contribution < 1.29 is 14.3 Å². The fourth-order valence-corrected chi connectivity index (χ4v) is 3.47. The van der Waals surface area contributed by atoms with E-state index in [9.17, 15) is 9.59 Å². The van der Waals surface area contributed by atoms with Crippen LogP contribution in [0, 0.1) is 0 Å². The first-order valence-electron chi connectivity index (χ1n) is 10.3. The van der Waals surface area contributed by atoms with Gasteiger partial charge in [-0.15, -0.1) is 0 Å². The van der Waals surface area contributed by atoms with E-state index in [-0.39, 0.29) is 12.5 Å². The number of likely N-dealkylation sites (tertiary alicyclic amines) is 1. The number of aromatic nitrogens is 2. The van der Waals surface area contributed by atoms with E-state index in [1.165, 1.54) is 19.3 Å². The number of fused-ring (bicyclic) bond motifs is 1. The summed E-state index contributed by atoms with van der Waals surface area (Å²) in [6.07, 6.45) is 5.03. The number of piperidine rings is 1. The van der Waals surface area contributed by atoms with Crippen LogP contribution in [-0.4, -0.2) is 58.5 Å². The van der Waals surface area contributed by atoms with Crippen LogP contribution < -0.4 is 10.6 Å². The fourth-order valence-electron chi connectivity index (χ4n) is 3.47. The number of ether oxygens (including phenoxy) is 1. The Bertz CT molecular complexity index is 850. The van der Waals surface area contributed by atoms with Crippen LogP contribution in [0.4, 0.5) is 10.5 Å². The van der Waals surface area contributed by atoms with Gasteiger partial charge >= 0.3 is 6.09 Å². The van der Waals surface area contributed by atoms with Crippen molar-refractivity contribution >= 4 is 28.6 Å². The molecule has 1 aromatic carbocycles. The quantitative estimate of drug-likeness (QED) is 0.777. The lowest BCUT2D eigenvalue weighted by Gasteiger charge is -2.26.